The maximum absolute atomic E-state index is 11.2. The molecule has 1 aliphatic carbocycles. The number of guanidine groups is 1. The third kappa shape index (κ3) is 7.59. The predicted molar refractivity (Wildman–Crippen MR) is 104 cm³/mol. The van der Waals surface area contributed by atoms with Crippen LogP contribution in [-0.2, 0) is 16.4 Å². The number of aliphatic imine (C=N–C) groups is 1. The van der Waals surface area contributed by atoms with E-state index in [0.717, 1.165) is 18.4 Å². The van der Waals surface area contributed by atoms with Crippen LogP contribution in [0.5, 0.6) is 5.88 Å². The minimum absolute atomic E-state index is 0.0104. The molecule has 1 heterocycles. The van der Waals surface area contributed by atoms with E-state index in [1.54, 1.807) is 13.2 Å². The third-order valence-corrected chi connectivity index (χ3v) is 5.35. The fourth-order valence-electron chi connectivity index (χ4n) is 2.84. The molecule has 1 aromatic rings. The molecule has 0 radical (unpaired) electrons. The van der Waals surface area contributed by atoms with Gasteiger partial charge in [-0.15, -0.1) is 0 Å². The van der Waals surface area contributed by atoms with E-state index in [1.807, 2.05) is 19.1 Å². The molecule has 1 unspecified atom stereocenters. The van der Waals surface area contributed by atoms with Gasteiger partial charge in [-0.1, -0.05) is 6.07 Å². The lowest BCUT2D eigenvalue weighted by atomic mass is 10.2. The molecule has 2 rings (SSSR count). The lowest BCUT2D eigenvalue weighted by Crippen LogP contribution is -2.42. The summed E-state index contributed by atoms with van der Waals surface area (Å²) >= 11 is 0. The van der Waals surface area contributed by atoms with Gasteiger partial charge in [0.25, 0.3) is 0 Å². The number of hydrogen-bond acceptors (Lipinski definition) is 5. The van der Waals surface area contributed by atoms with E-state index in [9.17, 15) is 8.42 Å². The maximum atomic E-state index is 11.2. The van der Waals surface area contributed by atoms with Crippen molar-refractivity contribution in [3.05, 3.63) is 23.9 Å². The van der Waals surface area contributed by atoms with Gasteiger partial charge in [0.1, 0.15) is 15.9 Å². The van der Waals surface area contributed by atoms with Gasteiger partial charge < -0.3 is 15.4 Å². The molecule has 1 aromatic heterocycles. The smallest absolute Gasteiger partial charge is 0.213 e. The Morgan fingerprint density at radius 2 is 2.12 bits per heavy atom. The highest BCUT2D eigenvalue weighted by Crippen LogP contribution is 2.22. The Morgan fingerprint density at radius 3 is 2.69 bits per heavy atom. The number of nitrogens with one attached hydrogen (secondary N) is 2. The summed E-state index contributed by atoms with van der Waals surface area (Å²) in [7, 11) is -1.26. The summed E-state index contributed by atoms with van der Waals surface area (Å²) in [5.41, 5.74) is 1.02. The standard InChI is InChI=1S/C18H30N4O3S/c1-14(10-11-26(3,23)24)22-18(19-2)21-13-15-8-9-17(20-12-15)25-16-6-4-5-7-16/h8-9,12,14,16H,4-7,10-11,13H2,1-3H3,(H2,19,21,22). The molecule has 0 spiro atoms. The normalized spacial score (nSPS) is 17.1. The first-order valence-electron chi connectivity index (χ1n) is 9.12. The first-order chi connectivity index (χ1) is 12.4. The van der Waals surface area contributed by atoms with Crippen molar-refractivity contribution in [3.8, 4) is 5.88 Å². The SMILES string of the molecule is CN=C(NCc1ccc(OC2CCCC2)nc1)NC(C)CCS(C)(=O)=O. The van der Waals surface area contributed by atoms with E-state index < -0.39 is 9.84 Å². The van der Waals surface area contributed by atoms with Crippen LogP contribution in [0.25, 0.3) is 0 Å². The first kappa shape index (κ1) is 20.5. The Hall–Kier alpha value is -1.83. The molecular formula is C18H30N4O3S. The molecule has 0 aromatic carbocycles. The van der Waals surface area contributed by atoms with E-state index in [0.29, 0.717) is 30.9 Å². The van der Waals surface area contributed by atoms with Gasteiger partial charge in [0.05, 0.1) is 5.75 Å². The number of rotatable bonds is 8. The van der Waals surface area contributed by atoms with Crippen LogP contribution in [0.1, 0.15) is 44.6 Å². The van der Waals surface area contributed by atoms with Gasteiger partial charge in [0.2, 0.25) is 5.88 Å². The van der Waals surface area contributed by atoms with Crippen LogP contribution in [0.2, 0.25) is 0 Å². The fourth-order valence-corrected chi connectivity index (χ4v) is 3.62. The van der Waals surface area contributed by atoms with Gasteiger partial charge in [0, 0.05) is 38.2 Å². The average molecular weight is 383 g/mol. The molecule has 26 heavy (non-hydrogen) atoms. The first-order valence-corrected chi connectivity index (χ1v) is 11.2. The molecule has 1 fully saturated rings. The van der Waals surface area contributed by atoms with Gasteiger partial charge in [-0.3, -0.25) is 4.99 Å². The highest BCUT2D eigenvalue weighted by atomic mass is 32.2. The summed E-state index contributed by atoms with van der Waals surface area (Å²) in [6, 6.07) is 3.90. The molecular weight excluding hydrogens is 352 g/mol. The molecule has 0 saturated heterocycles. The van der Waals surface area contributed by atoms with E-state index in [1.165, 1.54) is 19.1 Å². The van der Waals surface area contributed by atoms with Gasteiger partial charge in [-0.25, -0.2) is 13.4 Å². The zero-order valence-corrected chi connectivity index (χ0v) is 16.7. The van der Waals surface area contributed by atoms with Gasteiger partial charge in [0.15, 0.2) is 5.96 Å². The summed E-state index contributed by atoms with van der Waals surface area (Å²) in [6.45, 7) is 2.52. The summed E-state index contributed by atoms with van der Waals surface area (Å²) in [4.78, 5) is 8.55. The van der Waals surface area contributed by atoms with Gasteiger partial charge in [-0.05, 0) is 44.6 Å². The monoisotopic (exact) mass is 382 g/mol. The zero-order valence-electron chi connectivity index (χ0n) is 15.9. The molecule has 1 aliphatic rings. The van der Waals surface area contributed by atoms with Gasteiger partial charge >= 0.3 is 0 Å². The van der Waals surface area contributed by atoms with Crippen LogP contribution in [0.4, 0.5) is 0 Å². The second-order valence-corrected chi connectivity index (χ2v) is 9.18. The second kappa shape index (κ2) is 9.75. The number of sulfone groups is 1. The maximum Gasteiger partial charge on any atom is 0.213 e. The molecule has 146 valence electrons. The van der Waals surface area contributed by atoms with Crippen molar-refractivity contribution in [2.45, 2.75) is 57.7 Å². The Morgan fingerprint density at radius 1 is 1.38 bits per heavy atom. The van der Waals surface area contributed by atoms with Gasteiger partial charge in [-0.2, -0.15) is 0 Å². The Labute approximate surface area is 156 Å². The number of hydrogen-bond donors (Lipinski definition) is 2. The number of pyridine rings is 1. The van der Waals surface area contributed by atoms with Crippen molar-refractivity contribution in [2.75, 3.05) is 19.1 Å². The van der Waals surface area contributed by atoms with Crippen molar-refractivity contribution in [1.82, 2.24) is 15.6 Å². The lowest BCUT2D eigenvalue weighted by Gasteiger charge is -2.17. The Kier molecular flexibility index (Phi) is 7.68. The molecule has 0 bridgehead atoms. The summed E-state index contributed by atoms with van der Waals surface area (Å²) in [5, 5.41) is 6.41. The predicted octanol–water partition coefficient (Wildman–Crippen LogP) is 1.89. The van der Waals surface area contributed by atoms with Crippen molar-refractivity contribution in [3.63, 3.8) is 0 Å². The largest absolute Gasteiger partial charge is 0.474 e. The number of ether oxygens (including phenoxy) is 1. The minimum atomic E-state index is -2.95. The van der Waals surface area contributed by atoms with E-state index in [4.69, 9.17) is 4.74 Å². The number of aromatic nitrogens is 1. The van der Waals surface area contributed by atoms with Crippen molar-refractivity contribution in [2.24, 2.45) is 4.99 Å². The van der Waals surface area contributed by atoms with Crippen LogP contribution in [0, 0.1) is 0 Å². The third-order valence-electron chi connectivity index (χ3n) is 4.38. The van der Waals surface area contributed by atoms with Crippen molar-refractivity contribution < 1.29 is 13.2 Å². The zero-order chi connectivity index (χ0) is 19.0. The minimum Gasteiger partial charge on any atom is -0.474 e. The number of nitrogens with zero attached hydrogens (tertiary/aromatic N) is 2. The van der Waals surface area contributed by atoms with Crippen LogP contribution in [-0.4, -0.2) is 50.6 Å². The Balaban J connectivity index is 1.76. The van der Waals surface area contributed by atoms with Crippen molar-refractivity contribution >= 4 is 15.8 Å². The summed E-state index contributed by atoms with van der Waals surface area (Å²) in [5.74, 6) is 1.47. The quantitative estimate of drug-likeness (QED) is 0.527. The summed E-state index contributed by atoms with van der Waals surface area (Å²) in [6.07, 6.45) is 8.60. The van der Waals surface area contributed by atoms with Crippen LogP contribution in [0.15, 0.2) is 23.3 Å². The molecule has 1 saturated carbocycles. The van der Waals surface area contributed by atoms with Crippen LogP contribution < -0.4 is 15.4 Å². The Bertz CT molecular complexity index is 683. The highest BCUT2D eigenvalue weighted by Gasteiger charge is 2.16. The summed E-state index contributed by atoms with van der Waals surface area (Å²) < 4.78 is 28.4. The fraction of sp³-hybridized carbons (Fsp3) is 0.667. The molecule has 1 atom stereocenters. The second-order valence-electron chi connectivity index (χ2n) is 6.92. The average Bonchev–Trinajstić information content (AvgIpc) is 3.10. The van der Waals surface area contributed by atoms with Crippen LogP contribution in [0.3, 0.4) is 0 Å². The topological polar surface area (TPSA) is 92.7 Å². The van der Waals surface area contributed by atoms with E-state index in [-0.39, 0.29) is 11.8 Å². The molecule has 0 amide bonds. The van der Waals surface area contributed by atoms with Crippen LogP contribution >= 0.6 is 0 Å². The molecule has 2 N–H and O–H groups in total. The molecule has 7 nitrogen and oxygen atoms in total. The lowest BCUT2D eigenvalue weighted by molar-refractivity contribution is 0.201. The van der Waals surface area contributed by atoms with E-state index >= 15 is 0 Å². The van der Waals surface area contributed by atoms with Crippen molar-refractivity contribution in [1.29, 1.82) is 0 Å². The highest BCUT2D eigenvalue weighted by molar-refractivity contribution is 7.90. The van der Waals surface area contributed by atoms with E-state index in [2.05, 4.69) is 20.6 Å². The molecule has 0 aliphatic heterocycles. The molecule has 8 heteroatoms.